The Labute approximate surface area is 129 Å². The molecule has 0 aliphatic rings. The lowest BCUT2D eigenvalue weighted by molar-refractivity contribution is 0.631. The van der Waals surface area contributed by atoms with Crippen LogP contribution < -0.4 is 11.3 Å². The molecule has 0 spiro atoms. The van der Waals surface area contributed by atoms with Crippen molar-refractivity contribution < 1.29 is 0 Å². The highest BCUT2D eigenvalue weighted by atomic mass is 127. The van der Waals surface area contributed by atoms with E-state index in [4.69, 9.17) is 5.84 Å². The highest BCUT2D eigenvalue weighted by Crippen LogP contribution is 2.29. The van der Waals surface area contributed by atoms with Gasteiger partial charge < -0.3 is 0 Å². The van der Waals surface area contributed by atoms with Gasteiger partial charge in [-0.1, -0.05) is 40.2 Å². The molecule has 0 radical (unpaired) electrons. The molecule has 1 atom stereocenters. The molecule has 0 heterocycles. The van der Waals surface area contributed by atoms with Crippen LogP contribution in [0.4, 0.5) is 0 Å². The molecule has 0 aliphatic heterocycles. The van der Waals surface area contributed by atoms with Crippen molar-refractivity contribution in [2.24, 2.45) is 5.84 Å². The summed E-state index contributed by atoms with van der Waals surface area (Å²) in [5, 5.41) is 0. The van der Waals surface area contributed by atoms with Crippen LogP contribution >= 0.6 is 38.5 Å². The molecule has 3 N–H and O–H groups in total. The molecule has 18 heavy (non-hydrogen) atoms. The lowest BCUT2D eigenvalue weighted by atomic mass is 9.96. The highest BCUT2D eigenvalue weighted by Gasteiger charge is 2.17. The molecule has 2 aromatic carbocycles. The first-order chi connectivity index (χ1) is 8.63. The van der Waals surface area contributed by atoms with Crippen molar-refractivity contribution >= 4 is 38.5 Å². The van der Waals surface area contributed by atoms with E-state index in [2.05, 4.69) is 75.1 Å². The molecule has 4 heteroatoms. The second kappa shape index (κ2) is 6.14. The van der Waals surface area contributed by atoms with Gasteiger partial charge >= 0.3 is 0 Å². The summed E-state index contributed by atoms with van der Waals surface area (Å²) in [6.07, 6.45) is 0. The minimum atomic E-state index is 0.00981. The lowest BCUT2D eigenvalue weighted by Crippen LogP contribution is -2.30. The van der Waals surface area contributed by atoms with Gasteiger partial charge in [0.25, 0.3) is 0 Å². The average Bonchev–Trinajstić information content (AvgIpc) is 2.36. The number of nitrogens with two attached hydrogens (primary N) is 1. The quantitative estimate of drug-likeness (QED) is 0.452. The van der Waals surface area contributed by atoms with Crippen molar-refractivity contribution in [3.63, 3.8) is 0 Å². The number of halogens is 2. The third kappa shape index (κ3) is 2.93. The first kappa shape index (κ1) is 14.0. The van der Waals surface area contributed by atoms with Gasteiger partial charge in [-0.3, -0.25) is 5.84 Å². The first-order valence-electron chi connectivity index (χ1n) is 5.60. The van der Waals surface area contributed by atoms with Crippen LogP contribution in [-0.2, 0) is 0 Å². The lowest BCUT2D eigenvalue weighted by Gasteiger charge is -2.20. The zero-order valence-electron chi connectivity index (χ0n) is 9.95. The van der Waals surface area contributed by atoms with Crippen molar-refractivity contribution in [2.45, 2.75) is 13.0 Å². The molecule has 2 nitrogen and oxygen atoms in total. The molecule has 2 aromatic rings. The Hall–Kier alpha value is -0.430. The van der Waals surface area contributed by atoms with E-state index in [0.717, 1.165) is 4.47 Å². The maximum atomic E-state index is 5.76. The van der Waals surface area contributed by atoms with Crippen LogP contribution in [-0.4, -0.2) is 0 Å². The molecule has 0 bridgehead atoms. The van der Waals surface area contributed by atoms with Crippen molar-refractivity contribution in [3.05, 3.63) is 67.2 Å². The Kier molecular flexibility index (Phi) is 4.77. The summed E-state index contributed by atoms with van der Waals surface area (Å²) in [6.45, 7) is 2.10. The number of benzene rings is 2. The predicted molar refractivity (Wildman–Crippen MR) is 87.2 cm³/mol. The van der Waals surface area contributed by atoms with Crippen molar-refractivity contribution in [2.75, 3.05) is 0 Å². The van der Waals surface area contributed by atoms with Crippen LogP contribution in [0.3, 0.4) is 0 Å². The Morgan fingerprint density at radius 1 is 1.17 bits per heavy atom. The molecule has 0 amide bonds. The molecule has 94 valence electrons. The van der Waals surface area contributed by atoms with Crippen LogP contribution in [0.25, 0.3) is 0 Å². The molecular weight excluding hydrogens is 403 g/mol. The van der Waals surface area contributed by atoms with Crippen LogP contribution in [0.1, 0.15) is 22.7 Å². The number of hydrogen-bond donors (Lipinski definition) is 2. The predicted octanol–water partition coefficient (Wildman–Crippen LogP) is 3.91. The zero-order valence-corrected chi connectivity index (χ0v) is 13.7. The van der Waals surface area contributed by atoms with Gasteiger partial charge in [-0.15, -0.1) is 0 Å². The molecule has 0 fully saturated rings. The van der Waals surface area contributed by atoms with Gasteiger partial charge in [0.05, 0.1) is 6.04 Å². The number of hydrogen-bond acceptors (Lipinski definition) is 2. The van der Waals surface area contributed by atoms with Gasteiger partial charge in [-0.05, 0) is 64.4 Å². The number of nitrogens with one attached hydrogen (secondary N) is 1. The van der Waals surface area contributed by atoms with E-state index < -0.39 is 0 Å². The molecular formula is C14H14BrIN2. The Bertz CT molecular complexity index is 557. The van der Waals surface area contributed by atoms with Crippen molar-refractivity contribution in [3.8, 4) is 0 Å². The first-order valence-corrected chi connectivity index (χ1v) is 7.47. The second-order valence-electron chi connectivity index (χ2n) is 4.12. The summed E-state index contributed by atoms with van der Waals surface area (Å²) in [4.78, 5) is 0. The van der Waals surface area contributed by atoms with Gasteiger partial charge in [0.2, 0.25) is 0 Å². The van der Waals surface area contributed by atoms with Gasteiger partial charge in [0, 0.05) is 8.04 Å². The standard InChI is InChI=1S/C14H14BrIN2/c1-9-4-2-3-5-11(9)14(18-17)12-8-10(15)6-7-13(12)16/h2-8,14,18H,17H2,1H3. The molecule has 2 rings (SSSR count). The summed E-state index contributed by atoms with van der Waals surface area (Å²) in [5.41, 5.74) is 6.54. The SMILES string of the molecule is Cc1ccccc1C(NN)c1cc(Br)ccc1I. The van der Waals surface area contributed by atoms with E-state index in [0.29, 0.717) is 0 Å². The number of hydrazine groups is 1. The van der Waals surface area contributed by atoms with Crippen molar-refractivity contribution in [1.82, 2.24) is 5.43 Å². The third-order valence-corrected chi connectivity index (χ3v) is 4.41. The van der Waals surface area contributed by atoms with Gasteiger partial charge in [-0.25, -0.2) is 5.43 Å². The topological polar surface area (TPSA) is 38.0 Å². The van der Waals surface area contributed by atoms with E-state index in [9.17, 15) is 0 Å². The fourth-order valence-corrected chi connectivity index (χ4v) is 3.02. The van der Waals surface area contributed by atoms with Crippen LogP contribution in [0.15, 0.2) is 46.9 Å². The fourth-order valence-electron chi connectivity index (χ4n) is 1.99. The smallest absolute Gasteiger partial charge is 0.0723 e. The monoisotopic (exact) mass is 416 g/mol. The molecule has 0 aliphatic carbocycles. The average molecular weight is 417 g/mol. The van der Waals surface area contributed by atoms with E-state index in [1.807, 2.05) is 18.2 Å². The van der Waals surface area contributed by atoms with E-state index in [1.165, 1.54) is 20.3 Å². The number of aryl methyl sites for hydroxylation is 1. The summed E-state index contributed by atoms with van der Waals surface area (Å²) < 4.78 is 2.26. The Morgan fingerprint density at radius 3 is 2.56 bits per heavy atom. The van der Waals surface area contributed by atoms with E-state index >= 15 is 0 Å². The van der Waals surface area contributed by atoms with Crippen LogP contribution in [0, 0.1) is 10.5 Å². The Morgan fingerprint density at radius 2 is 1.89 bits per heavy atom. The molecule has 0 saturated carbocycles. The summed E-state index contributed by atoms with van der Waals surface area (Å²) in [6, 6.07) is 14.5. The third-order valence-electron chi connectivity index (χ3n) is 2.94. The summed E-state index contributed by atoms with van der Waals surface area (Å²) in [5.74, 6) is 5.76. The molecule has 0 saturated heterocycles. The number of rotatable bonds is 3. The van der Waals surface area contributed by atoms with E-state index in [-0.39, 0.29) is 6.04 Å². The minimum Gasteiger partial charge on any atom is -0.271 e. The largest absolute Gasteiger partial charge is 0.271 e. The highest BCUT2D eigenvalue weighted by molar-refractivity contribution is 14.1. The van der Waals surface area contributed by atoms with Crippen LogP contribution in [0.2, 0.25) is 0 Å². The minimum absolute atomic E-state index is 0.00981. The van der Waals surface area contributed by atoms with Crippen LogP contribution in [0.5, 0.6) is 0 Å². The maximum absolute atomic E-state index is 5.76. The van der Waals surface area contributed by atoms with E-state index in [1.54, 1.807) is 0 Å². The Balaban J connectivity index is 2.52. The van der Waals surface area contributed by atoms with Gasteiger partial charge in [0.15, 0.2) is 0 Å². The normalized spacial score (nSPS) is 12.4. The summed E-state index contributed by atoms with van der Waals surface area (Å²) >= 11 is 5.85. The molecule has 0 aromatic heterocycles. The molecule has 1 unspecified atom stereocenters. The van der Waals surface area contributed by atoms with Gasteiger partial charge in [-0.2, -0.15) is 0 Å². The zero-order chi connectivity index (χ0) is 13.1. The fraction of sp³-hybridized carbons (Fsp3) is 0.143. The second-order valence-corrected chi connectivity index (χ2v) is 6.20. The summed E-state index contributed by atoms with van der Waals surface area (Å²) in [7, 11) is 0. The van der Waals surface area contributed by atoms with Crippen molar-refractivity contribution in [1.29, 1.82) is 0 Å². The van der Waals surface area contributed by atoms with Gasteiger partial charge in [0.1, 0.15) is 0 Å². The maximum Gasteiger partial charge on any atom is 0.0723 e.